The second-order valence-electron chi connectivity index (χ2n) is 4.75. The van der Waals surface area contributed by atoms with Crippen LogP contribution in [0.3, 0.4) is 0 Å². The van der Waals surface area contributed by atoms with Gasteiger partial charge < -0.3 is 19.5 Å². The molecule has 0 aromatic heterocycles. The first-order valence-corrected chi connectivity index (χ1v) is 5.87. The highest BCUT2D eigenvalue weighted by molar-refractivity contribution is 5.79. The summed E-state index contributed by atoms with van der Waals surface area (Å²) in [5, 5.41) is 13.4. The van der Waals surface area contributed by atoms with Crippen LogP contribution < -0.4 is 5.26 Å². The van der Waals surface area contributed by atoms with Crippen LogP contribution in [0.4, 0.5) is 4.39 Å². The van der Waals surface area contributed by atoms with Crippen molar-refractivity contribution in [1.82, 2.24) is 0 Å². The fraction of sp³-hybridized carbons (Fsp3) is 0.909. The van der Waals surface area contributed by atoms with Crippen molar-refractivity contribution in [2.75, 3.05) is 13.2 Å². The molecule has 0 saturated carbocycles. The molecule has 8 heteroatoms. The van der Waals surface area contributed by atoms with Gasteiger partial charge in [-0.15, -0.1) is 0 Å². The molecular formula is C11H18FO7-. The highest BCUT2D eigenvalue weighted by atomic mass is 19.1. The molecule has 0 N–H and O–H groups in total. The molecule has 1 heterocycles. The topological polar surface area (TPSA) is 86.3 Å². The zero-order chi connectivity index (χ0) is 14.7. The van der Waals surface area contributed by atoms with E-state index in [0.717, 1.165) is 6.92 Å². The third-order valence-electron chi connectivity index (χ3n) is 2.72. The van der Waals surface area contributed by atoms with Crippen molar-refractivity contribution >= 4 is 5.97 Å². The molecule has 19 heavy (non-hydrogen) atoms. The van der Waals surface area contributed by atoms with E-state index in [9.17, 15) is 14.4 Å². The van der Waals surface area contributed by atoms with Crippen molar-refractivity contribution in [3.8, 4) is 0 Å². The molecule has 0 bridgehead atoms. The molecule has 1 unspecified atom stereocenters. The maximum absolute atomic E-state index is 14.5. The maximum atomic E-state index is 14.5. The summed E-state index contributed by atoms with van der Waals surface area (Å²) in [6, 6.07) is 0. The number of rotatable bonds is 6. The zero-order valence-corrected chi connectivity index (χ0v) is 11.3. The number of ether oxygens (including phenoxy) is 3. The number of hydrogen-bond donors (Lipinski definition) is 0. The zero-order valence-electron chi connectivity index (χ0n) is 11.3. The van der Waals surface area contributed by atoms with Crippen LogP contribution in [0, 0.1) is 0 Å². The highest BCUT2D eigenvalue weighted by Gasteiger charge is 2.53. The maximum Gasteiger partial charge on any atom is 0.346 e. The van der Waals surface area contributed by atoms with Gasteiger partial charge in [-0.05, 0) is 27.7 Å². The quantitative estimate of drug-likeness (QED) is 0.385. The lowest BCUT2D eigenvalue weighted by atomic mass is 9.97. The second-order valence-corrected chi connectivity index (χ2v) is 4.75. The van der Waals surface area contributed by atoms with Crippen molar-refractivity contribution < 1.29 is 38.6 Å². The number of carbonyl (C=O) groups excluding carboxylic acids is 1. The molecule has 7 nitrogen and oxygen atoms in total. The van der Waals surface area contributed by atoms with Crippen molar-refractivity contribution in [3.63, 3.8) is 0 Å². The summed E-state index contributed by atoms with van der Waals surface area (Å²) >= 11 is 0. The van der Waals surface area contributed by atoms with Crippen LogP contribution in [-0.2, 0) is 28.9 Å². The van der Waals surface area contributed by atoms with Crippen LogP contribution in [0.15, 0.2) is 0 Å². The standard InChI is InChI=1S/C11H19FO7/c1-5-15-9(13)11(4,12)8(18-19-14)7-6-16-10(2,3)17-7/h7-8,14H,5-6H2,1-4H3/p-1/t7?,8-,11-/m1/s1. The van der Waals surface area contributed by atoms with Gasteiger partial charge in [-0.2, -0.15) is 0 Å². The number of esters is 1. The van der Waals surface area contributed by atoms with Gasteiger partial charge in [-0.25, -0.2) is 14.1 Å². The van der Waals surface area contributed by atoms with Gasteiger partial charge in [0.1, 0.15) is 6.10 Å². The Labute approximate surface area is 110 Å². The van der Waals surface area contributed by atoms with E-state index in [1.54, 1.807) is 13.8 Å². The summed E-state index contributed by atoms with van der Waals surface area (Å²) in [6.07, 6.45) is -2.56. The minimum Gasteiger partial charge on any atom is -0.692 e. The lowest BCUT2D eigenvalue weighted by Gasteiger charge is -2.31. The van der Waals surface area contributed by atoms with Gasteiger partial charge >= 0.3 is 5.97 Å². The smallest absolute Gasteiger partial charge is 0.346 e. The Hall–Kier alpha value is -0.800. The first kappa shape index (κ1) is 16.3. The van der Waals surface area contributed by atoms with E-state index in [1.807, 2.05) is 0 Å². The van der Waals surface area contributed by atoms with Gasteiger partial charge in [0.2, 0.25) is 5.67 Å². The van der Waals surface area contributed by atoms with Crippen molar-refractivity contribution in [1.29, 1.82) is 0 Å². The number of hydrogen-bond acceptors (Lipinski definition) is 7. The van der Waals surface area contributed by atoms with Crippen molar-refractivity contribution in [2.24, 2.45) is 0 Å². The molecule has 0 radical (unpaired) electrons. The highest BCUT2D eigenvalue weighted by Crippen LogP contribution is 2.32. The first-order chi connectivity index (χ1) is 8.74. The van der Waals surface area contributed by atoms with Gasteiger partial charge in [-0.3, -0.25) is 5.04 Å². The molecule has 0 aromatic carbocycles. The molecule has 1 rings (SSSR count). The molecule has 1 fully saturated rings. The molecule has 112 valence electrons. The summed E-state index contributed by atoms with van der Waals surface area (Å²) in [6.45, 7) is 5.65. The van der Waals surface area contributed by atoms with Gasteiger partial charge in [0.05, 0.1) is 13.2 Å². The van der Waals surface area contributed by atoms with Crippen LogP contribution in [-0.4, -0.2) is 42.8 Å². The average Bonchev–Trinajstić information content (AvgIpc) is 2.66. The van der Waals surface area contributed by atoms with E-state index in [-0.39, 0.29) is 13.2 Å². The number of halogens is 1. The Morgan fingerprint density at radius 3 is 2.68 bits per heavy atom. The van der Waals surface area contributed by atoms with Gasteiger partial charge in [0, 0.05) is 0 Å². The summed E-state index contributed by atoms with van der Waals surface area (Å²) in [4.78, 5) is 15.9. The Kier molecular flexibility index (Phi) is 5.22. The van der Waals surface area contributed by atoms with Crippen LogP contribution in [0.2, 0.25) is 0 Å². The van der Waals surface area contributed by atoms with E-state index in [1.165, 1.54) is 6.92 Å². The molecule has 0 aliphatic carbocycles. The number of carbonyl (C=O) groups is 1. The SMILES string of the molecule is CCOC(=O)[C@](C)(F)[C@H](OO[O-])C1COC(C)(C)O1. The summed E-state index contributed by atoms with van der Waals surface area (Å²) in [5.41, 5.74) is -2.60. The Balaban J connectivity index is 2.85. The molecule has 0 spiro atoms. The van der Waals surface area contributed by atoms with Crippen molar-refractivity contribution in [2.45, 2.75) is 51.4 Å². The molecular weight excluding hydrogens is 263 g/mol. The summed E-state index contributed by atoms with van der Waals surface area (Å²) in [5.74, 6) is -2.12. The molecule has 1 aliphatic rings. The second kappa shape index (κ2) is 6.10. The monoisotopic (exact) mass is 281 g/mol. The third-order valence-corrected chi connectivity index (χ3v) is 2.72. The van der Waals surface area contributed by atoms with Crippen LogP contribution in [0.25, 0.3) is 0 Å². The average molecular weight is 281 g/mol. The molecule has 1 saturated heterocycles. The minimum absolute atomic E-state index is 0.00316. The van der Waals surface area contributed by atoms with E-state index in [4.69, 9.17) is 9.47 Å². The van der Waals surface area contributed by atoms with Gasteiger partial charge in [-0.1, -0.05) is 0 Å². The van der Waals surface area contributed by atoms with Crippen molar-refractivity contribution in [3.05, 3.63) is 0 Å². The van der Waals surface area contributed by atoms with E-state index in [2.05, 4.69) is 14.7 Å². The Bertz CT molecular complexity index is 318. The van der Waals surface area contributed by atoms with E-state index < -0.39 is 29.6 Å². The van der Waals surface area contributed by atoms with Crippen LogP contribution in [0.5, 0.6) is 0 Å². The van der Waals surface area contributed by atoms with Gasteiger partial charge in [0.25, 0.3) is 0 Å². The normalized spacial score (nSPS) is 26.7. The predicted molar refractivity (Wildman–Crippen MR) is 57.0 cm³/mol. The predicted octanol–water partition coefficient (Wildman–Crippen LogP) is 0.0213. The van der Waals surface area contributed by atoms with Crippen LogP contribution >= 0.6 is 0 Å². The third kappa shape index (κ3) is 3.83. The molecule has 0 amide bonds. The molecule has 1 aliphatic heterocycles. The first-order valence-electron chi connectivity index (χ1n) is 5.87. The minimum atomic E-state index is -2.60. The summed E-state index contributed by atoms with van der Waals surface area (Å²) in [7, 11) is 0. The van der Waals surface area contributed by atoms with Gasteiger partial charge in [0.15, 0.2) is 11.9 Å². The number of alkyl halides is 1. The lowest BCUT2D eigenvalue weighted by molar-refractivity contribution is -0.807. The lowest BCUT2D eigenvalue weighted by Crippen LogP contribution is -2.53. The molecule has 3 atom stereocenters. The molecule has 0 aromatic rings. The largest absolute Gasteiger partial charge is 0.692 e. The fourth-order valence-corrected chi connectivity index (χ4v) is 1.80. The summed E-state index contributed by atoms with van der Waals surface area (Å²) < 4.78 is 29.7. The van der Waals surface area contributed by atoms with E-state index >= 15 is 0 Å². The Morgan fingerprint density at radius 1 is 1.63 bits per heavy atom. The Morgan fingerprint density at radius 2 is 2.26 bits per heavy atom. The fourth-order valence-electron chi connectivity index (χ4n) is 1.80. The van der Waals surface area contributed by atoms with Crippen LogP contribution in [0.1, 0.15) is 27.7 Å². The van der Waals surface area contributed by atoms with E-state index in [0.29, 0.717) is 0 Å².